The van der Waals surface area contributed by atoms with Gasteiger partial charge in [0.05, 0.1) is 16.8 Å². The fourth-order valence-corrected chi connectivity index (χ4v) is 2.61. The van der Waals surface area contributed by atoms with Gasteiger partial charge in [0.2, 0.25) is 0 Å². The van der Waals surface area contributed by atoms with Crippen LogP contribution in [-0.4, -0.2) is 10.8 Å². The lowest BCUT2D eigenvalue weighted by Gasteiger charge is -2.07. The van der Waals surface area contributed by atoms with E-state index >= 15 is 0 Å². The Morgan fingerprint density at radius 3 is 2.03 bits per heavy atom. The average molecular weight is 421 g/mol. The van der Waals surface area contributed by atoms with Crippen molar-refractivity contribution in [2.45, 2.75) is 12.4 Å². The van der Waals surface area contributed by atoms with Crippen molar-refractivity contribution < 1.29 is 31.1 Å². The van der Waals surface area contributed by atoms with E-state index in [2.05, 4.69) is 4.98 Å². The highest BCUT2D eigenvalue weighted by atomic mass is 19.4. The molecule has 1 heterocycles. The quantitative estimate of drug-likeness (QED) is 0.267. The Morgan fingerprint density at radius 1 is 0.800 bits per heavy atom. The zero-order valence-corrected chi connectivity index (χ0v) is 15.1. The topological polar surface area (TPSA) is 30.0 Å². The first kappa shape index (κ1) is 21.3. The third-order valence-corrected chi connectivity index (χ3v) is 4.20. The van der Waals surface area contributed by atoms with Gasteiger partial charge >= 0.3 is 12.4 Å². The van der Waals surface area contributed by atoms with Gasteiger partial charge in [0.1, 0.15) is 0 Å². The van der Waals surface area contributed by atoms with Gasteiger partial charge in [-0.15, -0.1) is 0 Å². The van der Waals surface area contributed by atoms with E-state index < -0.39 is 29.3 Å². The van der Waals surface area contributed by atoms with Gasteiger partial charge in [0.15, 0.2) is 5.78 Å². The molecule has 0 aliphatic heterocycles. The Morgan fingerprint density at radius 2 is 1.47 bits per heavy atom. The maximum absolute atomic E-state index is 12.8. The first-order chi connectivity index (χ1) is 14.0. The zero-order chi connectivity index (χ0) is 21.9. The second kappa shape index (κ2) is 8.14. The van der Waals surface area contributed by atoms with Gasteiger partial charge < -0.3 is 0 Å². The molecule has 0 spiro atoms. The van der Waals surface area contributed by atoms with E-state index in [0.717, 1.165) is 36.5 Å². The summed E-state index contributed by atoms with van der Waals surface area (Å²) < 4.78 is 76.0. The van der Waals surface area contributed by atoms with Gasteiger partial charge in [0.25, 0.3) is 0 Å². The van der Waals surface area contributed by atoms with E-state index in [4.69, 9.17) is 0 Å². The van der Waals surface area contributed by atoms with Crippen LogP contribution in [0.25, 0.3) is 17.3 Å². The van der Waals surface area contributed by atoms with Crippen LogP contribution in [0.2, 0.25) is 0 Å². The molecule has 0 saturated carbocycles. The molecule has 2 nitrogen and oxygen atoms in total. The maximum atomic E-state index is 12.8. The monoisotopic (exact) mass is 421 g/mol. The standard InChI is InChI=1S/C22H13F6NO/c23-21(24,25)17-3-1-2-16(12-17)20(30)11-6-14-4-7-15(8-5-14)19-10-9-18(13-29-19)22(26,27)28/h1-13H/b11-6+. The van der Waals surface area contributed by atoms with Gasteiger partial charge in [-0.2, -0.15) is 26.3 Å². The molecule has 0 amide bonds. The fourth-order valence-electron chi connectivity index (χ4n) is 2.61. The number of carbonyl (C=O) groups is 1. The summed E-state index contributed by atoms with van der Waals surface area (Å²) >= 11 is 0. The number of pyridine rings is 1. The number of hydrogen-bond acceptors (Lipinski definition) is 2. The number of aromatic nitrogens is 1. The van der Waals surface area contributed by atoms with Gasteiger partial charge in [-0.05, 0) is 35.9 Å². The molecule has 0 aliphatic rings. The number of benzene rings is 2. The minimum absolute atomic E-state index is 0.0911. The largest absolute Gasteiger partial charge is 0.417 e. The number of carbonyl (C=O) groups excluding carboxylic acids is 1. The van der Waals surface area contributed by atoms with Crippen molar-refractivity contribution in [2.24, 2.45) is 0 Å². The van der Waals surface area contributed by atoms with Crippen LogP contribution < -0.4 is 0 Å². The molecular formula is C22H13F6NO. The third-order valence-electron chi connectivity index (χ3n) is 4.20. The highest BCUT2D eigenvalue weighted by Crippen LogP contribution is 2.30. The molecule has 0 atom stereocenters. The molecule has 2 aromatic carbocycles. The molecule has 0 bridgehead atoms. The third kappa shape index (κ3) is 5.14. The van der Waals surface area contributed by atoms with Crippen LogP contribution >= 0.6 is 0 Å². The normalized spacial score (nSPS) is 12.3. The van der Waals surface area contributed by atoms with Gasteiger partial charge in [-0.25, -0.2) is 0 Å². The van der Waals surface area contributed by atoms with Crippen molar-refractivity contribution in [2.75, 3.05) is 0 Å². The Kier molecular flexibility index (Phi) is 5.78. The lowest BCUT2D eigenvalue weighted by molar-refractivity contribution is -0.138. The second-order valence-electron chi connectivity index (χ2n) is 6.33. The molecule has 3 rings (SSSR count). The van der Waals surface area contributed by atoms with E-state index in [1.807, 2.05) is 0 Å². The fraction of sp³-hybridized carbons (Fsp3) is 0.0909. The van der Waals surface area contributed by atoms with Crippen molar-refractivity contribution in [3.63, 3.8) is 0 Å². The van der Waals surface area contributed by atoms with Crippen LogP contribution in [0.4, 0.5) is 26.3 Å². The van der Waals surface area contributed by atoms with Crippen molar-refractivity contribution in [3.05, 3.63) is 95.2 Å². The Labute approximate surface area is 167 Å². The van der Waals surface area contributed by atoms with E-state index in [9.17, 15) is 31.1 Å². The minimum atomic E-state index is -4.54. The van der Waals surface area contributed by atoms with Crippen molar-refractivity contribution in [1.29, 1.82) is 0 Å². The average Bonchev–Trinajstić information content (AvgIpc) is 2.71. The van der Waals surface area contributed by atoms with Crippen LogP contribution in [0.3, 0.4) is 0 Å². The van der Waals surface area contributed by atoms with E-state index in [0.29, 0.717) is 16.8 Å². The Bertz CT molecular complexity index is 1060. The van der Waals surface area contributed by atoms with Crippen LogP contribution in [0.15, 0.2) is 72.9 Å². The van der Waals surface area contributed by atoms with E-state index in [-0.39, 0.29) is 5.56 Å². The van der Waals surface area contributed by atoms with Gasteiger partial charge in [-0.1, -0.05) is 42.5 Å². The molecule has 0 saturated heterocycles. The van der Waals surface area contributed by atoms with Crippen molar-refractivity contribution in [3.8, 4) is 11.3 Å². The molecule has 8 heteroatoms. The van der Waals surface area contributed by atoms with Crippen LogP contribution in [0.1, 0.15) is 27.0 Å². The van der Waals surface area contributed by atoms with Crippen LogP contribution in [0.5, 0.6) is 0 Å². The summed E-state index contributed by atoms with van der Waals surface area (Å²) in [5.74, 6) is -0.588. The Balaban J connectivity index is 1.73. The number of allylic oxidation sites excluding steroid dienone is 1. The number of hydrogen-bond donors (Lipinski definition) is 0. The molecule has 0 aliphatic carbocycles. The second-order valence-corrected chi connectivity index (χ2v) is 6.33. The highest BCUT2D eigenvalue weighted by Gasteiger charge is 2.31. The van der Waals surface area contributed by atoms with Crippen molar-refractivity contribution in [1.82, 2.24) is 4.98 Å². The number of nitrogens with zero attached hydrogens (tertiary/aromatic N) is 1. The molecule has 30 heavy (non-hydrogen) atoms. The number of alkyl halides is 6. The van der Waals surface area contributed by atoms with Gasteiger partial charge in [-0.3, -0.25) is 9.78 Å². The SMILES string of the molecule is O=C(/C=C/c1ccc(-c2ccc(C(F)(F)F)cn2)cc1)c1cccc(C(F)(F)F)c1. The Hall–Kier alpha value is -3.42. The van der Waals surface area contributed by atoms with Crippen LogP contribution in [-0.2, 0) is 12.4 Å². The summed E-state index contributed by atoms with van der Waals surface area (Å²) in [4.78, 5) is 15.9. The number of halogens is 6. The molecule has 0 radical (unpaired) electrons. The number of rotatable bonds is 4. The number of ketones is 1. The zero-order valence-electron chi connectivity index (χ0n) is 15.1. The van der Waals surface area contributed by atoms with E-state index in [1.54, 1.807) is 24.3 Å². The maximum Gasteiger partial charge on any atom is 0.417 e. The van der Waals surface area contributed by atoms with Gasteiger partial charge in [0, 0.05) is 17.3 Å². The summed E-state index contributed by atoms with van der Waals surface area (Å²) in [7, 11) is 0. The van der Waals surface area contributed by atoms with Crippen molar-refractivity contribution >= 4 is 11.9 Å². The summed E-state index contributed by atoms with van der Waals surface area (Å²) in [5.41, 5.74) is -0.338. The summed E-state index contributed by atoms with van der Waals surface area (Å²) in [6, 6.07) is 12.8. The summed E-state index contributed by atoms with van der Waals surface area (Å²) in [6.45, 7) is 0. The summed E-state index contributed by atoms with van der Waals surface area (Å²) in [6.07, 6.45) is -5.67. The predicted molar refractivity (Wildman–Crippen MR) is 99.5 cm³/mol. The predicted octanol–water partition coefficient (Wildman–Crippen LogP) is 6.68. The first-order valence-corrected chi connectivity index (χ1v) is 8.57. The molecule has 3 aromatic rings. The van der Waals surface area contributed by atoms with E-state index in [1.165, 1.54) is 18.2 Å². The molecular weight excluding hydrogens is 408 g/mol. The molecule has 0 unspecified atom stereocenters. The lowest BCUT2D eigenvalue weighted by Crippen LogP contribution is -2.06. The molecule has 1 aromatic heterocycles. The molecule has 0 fully saturated rings. The summed E-state index contributed by atoms with van der Waals surface area (Å²) in [5, 5.41) is 0. The molecule has 0 N–H and O–H groups in total. The minimum Gasteiger partial charge on any atom is -0.289 e. The first-order valence-electron chi connectivity index (χ1n) is 8.57. The lowest BCUT2D eigenvalue weighted by atomic mass is 10.0. The molecule has 154 valence electrons. The smallest absolute Gasteiger partial charge is 0.289 e. The van der Waals surface area contributed by atoms with Crippen LogP contribution in [0, 0.1) is 0 Å². The highest BCUT2D eigenvalue weighted by molar-refractivity contribution is 6.06.